The minimum absolute atomic E-state index is 0.0875. The number of benzene rings is 2. The largest absolute Gasteiger partial charge is 0.497 e. The maximum Gasteiger partial charge on any atom is 0.323 e. The zero-order valence-corrected chi connectivity index (χ0v) is 17.0. The molecule has 0 spiro atoms. The zero-order chi connectivity index (χ0) is 20.4. The Morgan fingerprint density at radius 2 is 2.03 bits per heavy atom. The van der Waals surface area contributed by atoms with E-state index in [4.69, 9.17) is 4.74 Å². The summed E-state index contributed by atoms with van der Waals surface area (Å²) in [5, 5.41) is 11.4. The van der Waals surface area contributed by atoms with E-state index in [1.54, 1.807) is 18.9 Å². The van der Waals surface area contributed by atoms with Gasteiger partial charge in [0.05, 0.1) is 17.8 Å². The number of hydrogen-bond acceptors (Lipinski definition) is 4. The third-order valence-corrected chi connectivity index (χ3v) is 5.97. The predicted octanol–water partition coefficient (Wildman–Crippen LogP) is 4.22. The van der Waals surface area contributed by atoms with Gasteiger partial charge in [-0.15, -0.1) is 0 Å². The lowest BCUT2D eigenvalue weighted by Gasteiger charge is -2.17. The molecule has 1 aromatic heterocycles. The SMILES string of the molecule is COc1ccc2c(c1)S/C(=C\C=C\c1ccc3ccccc3[n+]1C)N2CC(=O)O. The first-order valence-corrected chi connectivity index (χ1v) is 10.00. The van der Waals surface area contributed by atoms with Crippen molar-refractivity contribution in [2.24, 2.45) is 7.05 Å². The summed E-state index contributed by atoms with van der Waals surface area (Å²) in [6.45, 7) is -0.0875. The number of anilines is 1. The van der Waals surface area contributed by atoms with Crippen molar-refractivity contribution in [1.82, 2.24) is 0 Å². The number of carboxylic acid groups (broad SMARTS) is 1. The molecule has 1 aliphatic heterocycles. The predicted molar refractivity (Wildman–Crippen MR) is 116 cm³/mol. The molecule has 0 unspecified atom stereocenters. The van der Waals surface area contributed by atoms with Gasteiger partial charge in [-0.25, -0.2) is 0 Å². The highest BCUT2D eigenvalue weighted by molar-refractivity contribution is 8.03. The molecule has 2 heterocycles. The van der Waals surface area contributed by atoms with Crippen LogP contribution in [0.15, 0.2) is 76.7 Å². The molecule has 0 atom stereocenters. The van der Waals surface area contributed by atoms with Gasteiger partial charge in [-0.05, 0) is 36.4 Å². The Balaban J connectivity index is 1.64. The van der Waals surface area contributed by atoms with E-state index in [2.05, 4.69) is 28.8 Å². The minimum Gasteiger partial charge on any atom is -0.497 e. The van der Waals surface area contributed by atoms with Gasteiger partial charge in [-0.1, -0.05) is 30.0 Å². The molecule has 29 heavy (non-hydrogen) atoms. The van der Waals surface area contributed by atoms with Crippen molar-refractivity contribution < 1.29 is 19.2 Å². The van der Waals surface area contributed by atoms with Crippen LogP contribution in [0.1, 0.15) is 5.69 Å². The van der Waals surface area contributed by atoms with Crippen molar-refractivity contribution in [2.75, 3.05) is 18.6 Å². The summed E-state index contributed by atoms with van der Waals surface area (Å²) in [5.41, 5.74) is 3.10. The molecule has 0 radical (unpaired) electrons. The molecule has 6 heteroatoms. The average Bonchev–Trinajstić information content (AvgIpc) is 3.05. The van der Waals surface area contributed by atoms with Gasteiger partial charge in [0.25, 0.3) is 0 Å². The third kappa shape index (κ3) is 3.84. The Morgan fingerprint density at radius 3 is 2.83 bits per heavy atom. The molecule has 0 saturated heterocycles. The summed E-state index contributed by atoms with van der Waals surface area (Å²) in [6.07, 6.45) is 5.95. The van der Waals surface area contributed by atoms with Crippen molar-refractivity contribution in [3.8, 4) is 5.75 Å². The van der Waals surface area contributed by atoms with E-state index in [-0.39, 0.29) is 6.54 Å². The van der Waals surface area contributed by atoms with E-state index >= 15 is 0 Å². The van der Waals surface area contributed by atoms with Gasteiger partial charge in [0.2, 0.25) is 11.2 Å². The molecule has 0 saturated carbocycles. The molecule has 146 valence electrons. The fourth-order valence-corrected chi connectivity index (χ4v) is 4.49. The second kappa shape index (κ2) is 8.01. The van der Waals surface area contributed by atoms with Gasteiger partial charge >= 0.3 is 5.97 Å². The van der Waals surface area contributed by atoms with Crippen LogP contribution in [0, 0.1) is 0 Å². The van der Waals surface area contributed by atoms with Crippen LogP contribution in [-0.2, 0) is 11.8 Å². The van der Waals surface area contributed by atoms with E-state index in [1.807, 2.05) is 60.5 Å². The summed E-state index contributed by atoms with van der Waals surface area (Å²) < 4.78 is 7.43. The Bertz CT molecular complexity index is 1150. The van der Waals surface area contributed by atoms with Crippen molar-refractivity contribution in [3.05, 3.63) is 77.5 Å². The minimum atomic E-state index is -0.870. The number of aliphatic carboxylic acids is 1. The van der Waals surface area contributed by atoms with Crippen LogP contribution in [-0.4, -0.2) is 24.7 Å². The molecule has 2 aromatic carbocycles. The zero-order valence-electron chi connectivity index (χ0n) is 16.2. The van der Waals surface area contributed by atoms with E-state index < -0.39 is 5.97 Å². The highest BCUT2D eigenvalue weighted by atomic mass is 32.2. The first kappa shape index (κ1) is 19.1. The van der Waals surface area contributed by atoms with Gasteiger partial charge < -0.3 is 14.7 Å². The van der Waals surface area contributed by atoms with Crippen LogP contribution >= 0.6 is 11.8 Å². The number of aryl methyl sites for hydroxylation is 1. The summed E-state index contributed by atoms with van der Waals surface area (Å²) in [4.78, 5) is 14.2. The lowest BCUT2D eigenvalue weighted by atomic mass is 10.2. The fourth-order valence-electron chi connectivity index (χ4n) is 3.39. The molecular formula is C23H21N2O3S+. The Labute approximate surface area is 173 Å². The monoisotopic (exact) mass is 405 g/mol. The van der Waals surface area contributed by atoms with Gasteiger partial charge in [0, 0.05) is 28.5 Å². The number of pyridine rings is 1. The standard InChI is InChI=1S/C23H20N2O3S/c1-24-17(11-10-16-6-3-4-8-19(16)24)7-5-9-22-25(15-23(26)27)20-13-12-18(28-2)14-21(20)29-22/h3-14H,15H2,1-2H3/p+1. The van der Waals surface area contributed by atoms with Crippen LogP contribution in [0.2, 0.25) is 0 Å². The van der Waals surface area contributed by atoms with Gasteiger partial charge in [0.15, 0.2) is 0 Å². The van der Waals surface area contributed by atoms with Gasteiger partial charge in [-0.3, -0.25) is 4.79 Å². The first-order valence-electron chi connectivity index (χ1n) is 9.18. The lowest BCUT2D eigenvalue weighted by Crippen LogP contribution is -2.32. The number of methoxy groups -OCH3 is 1. The van der Waals surface area contributed by atoms with Gasteiger partial charge in [0.1, 0.15) is 19.3 Å². The normalized spacial score (nSPS) is 14.7. The number of fused-ring (bicyclic) bond motifs is 2. The molecule has 0 amide bonds. The number of para-hydroxylation sites is 1. The van der Waals surface area contributed by atoms with Crippen molar-refractivity contribution in [1.29, 1.82) is 0 Å². The number of hydrogen-bond donors (Lipinski definition) is 1. The molecule has 4 rings (SSSR count). The summed E-state index contributed by atoms with van der Waals surface area (Å²) >= 11 is 1.54. The second-order valence-electron chi connectivity index (χ2n) is 6.66. The maximum atomic E-state index is 11.4. The number of nitrogens with zero attached hydrogens (tertiary/aromatic N) is 2. The molecule has 5 nitrogen and oxygen atoms in total. The number of thioether (sulfide) groups is 1. The molecule has 0 bridgehead atoms. The highest BCUT2D eigenvalue weighted by Crippen LogP contribution is 2.47. The number of aromatic nitrogens is 1. The molecule has 0 aliphatic carbocycles. The topological polar surface area (TPSA) is 53.7 Å². The Kier molecular flexibility index (Phi) is 5.27. The molecule has 0 fully saturated rings. The summed E-state index contributed by atoms with van der Waals surface area (Å²) in [7, 11) is 3.66. The average molecular weight is 405 g/mol. The maximum absolute atomic E-state index is 11.4. The number of rotatable bonds is 5. The molecule has 3 aromatic rings. The smallest absolute Gasteiger partial charge is 0.323 e. The van der Waals surface area contributed by atoms with Crippen LogP contribution in [0.5, 0.6) is 5.75 Å². The number of ether oxygens (including phenoxy) is 1. The number of allylic oxidation sites excluding steroid dienone is 2. The quantitative estimate of drug-likeness (QED) is 0.644. The fraction of sp³-hybridized carbons (Fsp3) is 0.130. The number of carbonyl (C=O) groups is 1. The van der Waals surface area contributed by atoms with E-state index in [9.17, 15) is 9.90 Å². The van der Waals surface area contributed by atoms with E-state index in [0.717, 1.165) is 32.6 Å². The molecule has 1 N–H and O–H groups in total. The van der Waals surface area contributed by atoms with Crippen molar-refractivity contribution in [3.63, 3.8) is 0 Å². The lowest BCUT2D eigenvalue weighted by molar-refractivity contribution is -0.646. The van der Waals surface area contributed by atoms with E-state index in [1.165, 1.54) is 5.39 Å². The first-order chi connectivity index (χ1) is 14.1. The summed E-state index contributed by atoms with van der Waals surface area (Å²) in [6, 6.07) is 18.1. The Morgan fingerprint density at radius 1 is 1.21 bits per heavy atom. The van der Waals surface area contributed by atoms with Crippen LogP contribution in [0.25, 0.3) is 17.0 Å². The van der Waals surface area contributed by atoms with Crippen molar-refractivity contribution in [2.45, 2.75) is 4.90 Å². The molecular weight excluding hydrogens is 384 g/mol. The van der Waals surface area contributed by atoms with Crippen LogP contribution in [0.3, 0.4) is 0 Å². The highest BCUT2D eigenvalue weighted by Gasteiger charge is 2.27. The van der Waals surface area contributed by atoms with E-state index in [0.29, 0.717) is 0 Å². The molecule has 1 aliphatic rings. The van der Waals surface area contributed by atoms with Crippen LogP contribution < -0.4 is 14.2 Å². The summed E-state index contributed by atoms with van der Waals surface area (Å²) in [5.74, 6) is -0.114. The van der Waals surface area contributed by atoms with Crippen LogP contribution in [0.4, 0.5) is 5.69 Å². The second-order valence-corrected chi connectivity index (χ2v) is 7.72. The third-order valence-electron chi connectivity index (χ3n) is 4.86. The van der Waals surface area contributed by atoms with Gasteiger partial charge in [-0.2, -0.15) is 4.57 Å². The Hall–Kier alpha value is -3.25. The van der Waals surface area contributed by atoms with Crippen molar-refractivity contribution >= 4 is 40.4 Å². The number of carboxylic acids is 1.